The zero-order valence-corrected chi connectivity index (χ0v) is 11.0. The lowest BCUT2D eigenvalue weighted by atomic mass is 10.1. The molecule has 0 saturated carbocycles. The molecule has 0 radical (unpaired) electrons. The average molecular weight is 270 g/mol. The molecule has 2 N–H and O–H groups in total. The SMILES string of the molecule is CN(C(=O)c1ccc2c(c1)OCO2)c1ccc(N)cc1. The van der Waals surface area contributed by atoms with E-state index in [9.17, 15) is 4.79 Å². The molecule has 102 valence electrons. The Hall–Kier alpha value is -2.69. The maximum atomic E-state index is 12.4. The summed E-state index contributed by atoms with van der Waals surface area (Å²) in [5.74, 6) is 1.14. The average Bonchev–Trinajstić information content (AvgIpc) is 2.94. The van der Waals surface area contributed by atoms with Crippen molar-refractivity contribution < 1.29 is 14.3 Å². The number of nitrogens with zero attached hydrogens (tertiary/aromatic N) is 1. The van der Waals surface area contributed by atoms with Crippen LogP contribution >= 0.6 is 0 Å². The van der Waals surface area contributed by atoms with E-state index < -0.39 is 0 Å². The maximum absolute atomic E-state index is 12.4. The molecule has 1 heterocycles. The molecule has 0 aromatic heterocycles. The molecule has 20 heavy (non-hydrogen) atoms. The van der Waals surface area contributed by atoms with Gasteiger partial charge in [-0.05, 0) is 42.5 Å². The summed E-state index contributed by atoms with van der Waals surface area (Å²) >= 11 is 0. The third kappa shape index (κ3) is 2.14. The molecular formula is C15H14N2O3. The molecule has 5 heteroatoms. The lowest BCUT2D eigenvalue weighted by molar-refractivity contribution is 0.0992. The molecule has 0 fully saturated rings. The van der Waals surface area contributed by atoms with Crippen LogP contribution in [0.15, 0.2) is 42.5 Å². The normalized spacial score (nSPS) is 12.2. The van der Waals surface area contributed by atoms with Crippen molar-refractivity contribution >= 4 is 17.3 Å². The van der Waals surface area contributed by atoms with Crippen molar-refractivity contribution in [1.82, 2.24) is 0 Å². The molecule has 0 unspecified atom stereocenters. The number of benzene rings is 2. The van der Waals surface area contributed by atoms with E-state index in [4.69, 9.17) is 15.2 Å². The molecule has 1 aliphatic rings. The molecular weight excluding hydrogens is 256 g/mol. The van der Waals surface area contributed by atoms with Crippen LogP contribution in [-0.4, -0.2) is 19.7 Å². The number of ether oxygens (including phenoxy) is 2. The maximum Gasteiger partial charge on any atom is 0.258 e. The first kappa shape index (κ1) is 12.3. The monoisotopic (exact) mass is 270 g/mol. The Balaban J connectivity index is 1.86. The van der Waals surface area contributed by atoms with Crippen molar-refractivity contribution in [3.05, 3.63) is 48.0 Å². The lowest BCUT2D eigenvalue weighted by Gasteiger charge is -2.17. The van der Waals surface area contributed by atoms with Crippen LogP contribution in [0.5, 0.6) is 11.5 Å². The van der Waals surface area contributed by atoms with Gasteiger partial charge < -0.3 is 20.1 Å². The number of carbonyl (C=O) groups is 1. The quantitative estimate of drug-likeness (QED) is 0.850. The molecule has 3 rings (SSSR count). The van der Waals surface area contributed by atoms with E-state index in [0.717, 1.165) is 5.69 Å². The van der Waals surface area contributed by atoms with Crippen molar-refractivity contribution in [3.63, 3.8) is 0 Å². The van der Waals surface area contributed by atoms with E-state index in [-0.39, 0.29) is 12.7 Å². The Morgan fingerprint density at radius 1 is 1.10 bits per heavy atom. The summed E-state index contributed by atoms with van der Waals surface area (Å²) < 4.78 is 10.5. The second kappa shape index (κ2) is 4.77. The van der Waals surface area contributed by atoms with Crippen molar-refractivity contribution in [2.75, 3.05) is 24.5 Å². The second-order valence-corrected chi connectivity index (χ2v) is 4.52. The first-order chi connectivity index (χ1) is 9.65. The van der Waals surface area contributed by atoms with Gasteiger partial charge in [0.1, 0.15) is 0 Å². The Labute approximate surface area is 116 Å². The van der Waals surface area contributed by atoms with Gasteiger partial charge in [0.15, 0.2) is 11.5 Å². The minimum Gasteiger partial charge on any atom is -0.454 e. The van der Waals surface area contributed by atoms with Crippen LogP contribution in [0.2, 0.25) is 0 Å². The highest BCUT2D eigenvalue weighted by Gasteiger charge is 2.19. The number of hydrogen-bond donors (Lipinski definition) is 1. The third-order valence-electron chi connectivity index (χ3n) is 3.20. The van der Waals surface area contributed by atoms with Gasteiger partial charge in [0, 0.05) is 24.0 Å². The molecule has 0 bridgehead atoms. The summed E-state index contributed by atoms with van der Waals surface area (Å²) in [5.41, 5.74) is 7.64. The van der Waals surface area contributed by atoms with Crippen LogP contribution in [-0.2, 0) is 0 Å². The molecule has 0 spiro atoms. The number of carbonyl (C=O) groups excluding carboxylic acids is 1. The number of nitrogens with two attached hydrogens (primary N) is 1. The Bertz CT molecular complexity index is 653. The summed E-state index contributed by atoms with van der Waals surface area (Å²) in [6, 6.07) is 12.3. The first-order valence-corrected chi connectivity index (χ1v) is 6.18. The van der Waals surface area contributed by atoms with Gasteiger partial charge in [-0.15, -0.1) is 0 Å². The fraction of sp³-hybridized carbons (Fsp3) is 0.133. The van der Waals surface area contributed by atoms with Crippen LogP contribution in [0.4, 0.5) is 11.4 Å². The van der Waals surface area contributed by atoms with Gasteiger partial charge in [-0.25, -0.2) is 0 Å². The topological polar surface area (TPSA) is 64.8 Å². The van der Waals surface area contributed by atoms with Gasteiger partial charge in [-0.1, -0.05) is 0 Å². The zero-order valence-electron chi connectivity index (χ0n) is 11.0. The zero-order chi connectivity index (χ0) is 14.1. The van der Waals surface area contributed by atoms with Crippen LogP contribution in [0.3, 0.4) is 0 Å². The van der Waals surface area contributed by atoms with Gasteiger partial charge in [-0.2, -0.15) is 0 Å². The number of anilines is 2. The minimum atomic E-state index is -0.118. The van der Waals surface area contributed by atoms with E-state index in [2.05, 4.69) is 0 Å². The lowest BCUT2D eigenvalue weighted by Crippen LogP contribution is -2.26. The smallest absolute Gasteiger partial charge is 0.258 e. The van der Waals surface area contributed by atoms with E-state index in [1.54, 1.807) is 54.4 Å². The molecule has 0 saturated heterocycles. The number of fused-ring (bicyclic) bond motifs is 1. The summed E-state index contributed by atoms with van der Waals surface area (Å²) in [4.78, 5) is 14.0. The van der Waals surface area contributed by atoms with Crippen molar-refractivity contribution in [2.24, 2.45) is 0 Å². The van der Waals surface area contributed by atoms with Gasteiger partial charge in [-0.3, -0.25) is 4.79 Å². The predicted octanol–water partition coefficient (Wildman–Crippen LogP) is 2.27. The van der Waals surface area contributed by atoms with E-state index in [1.807, 2.05) is 0 Å². The Morgan fingerprint density at radius 3 is 2.55 bits per heavy atom. The van der Waals surface area contributed by atoms with Gasteiger partial charge in [0.2, 0.25) is 6.79 Å². The summed E-state index contributed by atoms with van der Waals surface area (Å²) in [6.07, 6.45) is 0. The van der Waals surface area contributed by atoms with Gasteiger partial charge in [0.25, 0.3) is 5.91 Å². The summed E-state index contributed by atoms with van der Waals surface area (Å²) in [5, 5.41) is 0. The molecule has 0 atom stereocenters. The van der Waals surface area contributed by atoms with Crippen LogP contribution < -0.4 is 20.1 Å². The molecule has 1 aliphatic heterocycles. The summed E-state index contributed by atoms with van der Waals surface area (Å²) in [7, 11) is 1.72. The first-order valence-electron chi connectivity index (χ1n) is 6.18. The Morgan fingerprint density at radius 2 is 1.80 bits per heavy atom. The van der Waals surface area contributed by atoms with Crippen molar-refractivity contribution in [2.45, 2.75) is 0 Å². The third-order valence-corrected chi connectivity index (χ3v) is 3.20. The number of rotatable bonds is 2. The highest BCUT2D eigenvalue weighted by molar-refractivity contribution is 6.06. The number of hydrogen-bond acceptors (Lipinski definition) is 4. The van der Waals surface area contributed by atoms with Crippen LogP contribution in [0, 0.1) is 0 Å². The molecule has 2 aromatic carbocycles. The molecule has 1 amide bonds. The standard InChI is InChI=1S/C15H14N2O3/c1-17(12-5-3-11(16)4-6-12)15(18)10-2-7-13-14(8-10)20-9-19-13/h2-8H,9,16H2,1H3. The summed E-state index contributed by atoms with van der Waals surface area (Å²) in [6.45, 7) is 0.195. The van der Waals surface area contributed by atoms with Gasteiger partial charge in [0.05, 0.1) is 0 Å². The minimum absolute atomic E-state index is 0.118. The number of amides is 1. The highest BCUT2D eigenvalue weighted by atomic mass is 16.7. The van der Waals surface area contributed by atoms with E-state index in [1.165, 1.54) is 0 Å². The van der Waals surface area contributed by atoms with Crippen molar-refractivity contribution in [1.29, 1.82) is 0 Å². The molecule has 2 aromatic rings. The largest absolute Gasteiger partial charge is 0.454 e. The van der Waals surface area contributed by atoms with Crippen LogP contribution in [0.25, 0.3) is 0 Å². The van der Waals surface area contributed by atoms with Crippen molar-refractivity contribution in [3.8, 4) is 11.5 Å². The molecule has 0 aliphatic carbocycles. The fourth-order valence-corrected chi connectivity index (χ4v) is 2.04. The van der Waals surface area contributed by atoms with E-state index in [0.29, 0.717) is 22.7 Å². The Kier molecular flexibility index (Phi) is 2.95. The predicted molar refractivity (Wildman–Crippen MR) is 76.2 cm³/mol. The fourth-order valence-electron chi connectivity index (χ4n) is 2.04. The highest BCUT2D eigenvalue weighted by Crippen LogP contribution is 2.33. The van der Waals surface area contributed by atoms with Gasteiger partial charge >= 0.3 is 0 Å². The second-order valence-electron chi connectivity index (χ2n) is 4.52. The molecule has 5 nitrogen and oxygen atoms in total. The number of nitrogen functional groups attached to an aromatic ring is 1. The van der Waals surface area contributed by atoms with Crippen LogP contribution in [0.1, 0.15) is 10.4 Å². The van der Waals surface area contributed by atoms with E-state index >= 15 is 0 Å².